The highest BCUT2D eigenvalue weighted by Crippen LogP contribution is 2.52. The summed E-state index contributed by atoms with van der Waals surface area (Å²) in [5.41, 5.74) is 0. The van der Waals surface area contributed by atoms with Gasteiger partial charge in [0.05, 0.1) is 6.61 Å². The molecule has 1 heterocycles. The molecular weight excluding hydrogens is 183 g/mol. The molecule has 1 rings (SSSR count). The molecular formula is C10H21O2P. The van der Waals surface area contributed by atoms with Crippen molar-refractivity contribution in [1.29, 1.82) is 0 Å². The predicted octanol–water partition coefficient (Wildman–Crippen LogP) is 3.51. The van der Waals surface area contributed by atoms with Crippen molar-refractivity contribution in [1.82, 2.24) is 0 Å². The maximum Gasteiger partial charge on any atom is 0.203 e. The lowest BCUT2D eigenvalue weighted by molar-refractivity contribution is 0.295. The van der Waals surface area contributed by atoms with Crippen molar-refractivity contribution in [2.75, 3.05) is 18.9 Å². The average Bonchev–Trinajstić information content (AvgIpc) is 2.04. The van der Waals surface area contributed by atoms with Gasteiger partial charge in [-0.2, -0.15) is 0 Å². The predicted molar refractivity (Wildman–Crippen MR) is 56.6 cm³/mol. The lowest BCUT2D eigenvalue weighted by atomic mass is 10.1. The van der Waals surface area contributed by atoms with E-state index in [2.05, 4.69) is 13.8 Å². The second-order valence-electron chi connectivity index (χ2n) is 4.15. The van der Waals surface area contributed by atoms with Gasteiger partial charge in [0.1, 0.15) is 0 Å². The molecule has 0 N–H and O–H groups in total. The molecule has 0 bridgehead atoms. The fourth-order valence-corrected chi connectivity index (χ4v) is 4.51. The Balaban J connectivity index is 2.32. The molecule has 1 aliphatic rings. The second kappa shape index (κ2) is 5.17. The molecule has 0 aromatic rings. The van der Waals surface area contributed by atoms with E-state index in [0.29, 0.717) is 12.5 Å². The molecule has 1 saturated heterocycles. The van der Waals surface area contributed by atoms with Crippen molar-refractivity contribution in [3.05, 3.63) is 0 Å². The van der Waals surface area contributed by atoms with Gasteiger partial charge in [-0.1, -0.05) is 20.3 Å². The van der Waals surface area contributed by atoms with Crippen LogP contribution >= 0.6 is 7.37 Å². The van der Waals surface area contributed by atoms with E-state index in [0.717, 1.165) is 31.6 Å². The van der Waals surface area contributed by atoms with E-state index in [1.165, 1.54) is 6.42 Å². The Hall–Kier alpha value is 0.190. The Morgan fingerprint density at radius 3 is 2.92 bits per heavy atom. The van der Waals surface area contributed by atoms with Gasteiger partial charge in [-0.3, -0.25) is 4.57 Å². The van der Waals surface area contributed by atoms with Gasteiger partial charge in [0.15, 0.2) is 0 Å². The Kier molecular flexibility index (Phi) is 4.48. The summed E-state index contributed by atoms with van der Waals surface area (Å²) in [4.78, 5) is 0. The van der Waals surface area contributed by atoms with Gasteiger partial charge in [0.2, 0.25) is 7.37 Å². The summed E-state index contributed by atoms with van der Waals surface area (Å²) < 4.78 is 17.6. The van der Waals surface area contributed by atoms with Crippen LogP contribution in [0.4, 0.5) is 0 Å². The highest BCUT2D eigenvalue weighted by molar-refractivity contribution is 7.59. The Morgan fingerprint density at radius 2 is 2.31 bits per heavy atom. The first kappa shape index (κ1) is 11.3. The van der Waals surface area contributed by atoms with Crippen molar-refractivity contribution in [3.8, 4) is 0 Å². The van der Waals surface area contributed by atoms with Gasteiger partial charge in [-0.05, 0) is 25.2 Å². The molecule has 1 aliphatic heterocycles. The summed E-state index contributed by atoms with van der Waals surface area (Å²) in [5.74, 6) is 0.598. The van der Waals surface area contributed by atoms with Crippen molar-refractivity contribution in [2.24, 2.45) is 5.92 Å². The molecule has 0 spiro atoms. The monoisotopic (exact) mass is 204 g/mol. The molecule has 0 radical (unpaired) electrons. The first-order valence-electron chi connectivity index (χ1n) is 5.39. The minimum atomic E-state index is -2.20. The van der Waals surface area contributed by atoms with Crippen LogP contribution in [0.3, 0.4) is 0 Å². The molecule has 0 amide bonds. The van der Waals surface area contributed by atoms with E-state index in [-0.39, 0.29) is 0 Å². The zero-order valence-corrected chi connectivity index (χ0v) is 9.69. The zero-order chi connectivity index (χ0) is 9.73. The largest absolute Gasteiger partial charge is 0.328 e. The Bertz CT molecular complexity index is 191. The third kappa shape index (κ3) is 3.83. The smallest absolute Gasteiger partial charge is 0.203 e. The quantitative estimate of drug-likeness (QED) is 0.517. The minimum Gasteiger partial charge on any atom is -0.328 e. The van der Waals surface area contributed by atoms with Crippen molar-refractivity contribution in [3.63, 3.8) is 0 Å². The molecule has 2 unspecified atom stereocenters. The van der Waals surface area contributed by atoms with Crippen LogP contribution < -0.4 is 0 Å². The third-order valence-corrected chi connectivity index (χ3v) is 5.44. The van der Waals surface area contributed by atoms with E-state index in [1.807, 2.05) is 0 Å². The molecule has 0 saturated carbocycles. The highest BCUT2D eigenvalue weighted by atomic mass is 31.2. The van der Waals surface area contributed by atoms with Crippen molar-refractivity contribution < 1.29 is 9.09 Å². The van der Waals surface area contributed by atoms with Crippen LogP contribution in [-0.2, 0) is 9.09 Å². The third-order valence-electron chi connectivity index (χ3n) is 2.61. The maximum atomic E-state index is 12.1. The molecule has 0 aromatic heterocycles. The van der Waals surface area contributed by atoms with E-state index in [4.69, 9.17) is 4.52 Å². The van der Waals surface area contributed by atoms with Crippen LogP contribution in [0.25, 0.3) is 0 Å². The molecule has 1 fully saturated rings. The lowest BCUT2D eigenvalue weighted by Crippen LogP contribution is -2.14. The number of hydrogen-bond acceptors (Lipinski definition) is 2. The summed E-state index contributed by atoms with van der Waals surface area (Å²) in [5, 5.41) is 0. The van der Waals surface area contributed by atoms with Crippen molar-refractivity contribution >= 4 is 7.37 Å². The fraction of sp³-hybridized carbons (Fsp3) is 1.00. The Morgan fingerprint density at radius 1 is 1.54 bits per heavy atom. The van der Waals surface area contributed by atoms with E-state index in [1.54, 1.807) is 0 Å². The molecule has 13 heavy (non-hydrogen) atoms. The fourth-order valence-electron chi connectivity index (χ4n) is 1.83. The van der Waals surface area contributed by atoms with Gasteiger partial charge in [0.25, 0.3) is 0 Å². The number of hydrogen-bond donors (Lipinski definition) is 0. The van der Waals surface area contributed by atoms with Crippen LogP contribution in [0, 0.1) is 5.92 Å². The van der Waals surface area contributed by atoms with Crippen LogP contribution in [0.5, 0.6) is 0 Å². The maximum absolute atomic E-state index is 12.1. The first-order chi connectivity index (χ1) is 6.16. The highest BCUT2D eigenvalue weighted by Gasteiger charge is 2.29. The molecule has 2 nitrogen and oxygen atoms in total. The molecule has 0 aliphatic carbocycles. The zero-order valence-electron chi connectivity index (χ0n) is 8.79. The summed E-state index contributed by atoms with van der Waals surface area (Å²) >= 11 is 0. The number of rotatable bonds is 4. The molecule has 2 atom stereocenters. The van der Waals surface area contributed by atoms with Crippen LogP contribution in [0.2, 0.25) is 0 Å². The summed E-state index contributed by atoms with van der Waals surface area (Å²) in [6.07, 6.45) is 6.11. The molecule has 78 valence electrons. The van der Waals surface area contributed by atoms with E-state index >= 15 is 0 Å². The molecule has 3 heteroatoms. The first-order valence-corrected chi connectivity index (χ1v) is 7.38. The van der Waals surface area contributed by atoms with Gasteiger partial charge >= 0.3 is 0 Å². The van der Waals surface area contributed by atoms with Gasteiger partial charge < -0.3 is 4.52 Å². The summed E-state index contributed by atoms with van der Waals surface area (Å²) in [6, 6.07) is 0. The van der Waals surface area contributed by atoms with Crippen LogP contribution in [-0.4, -0.2) is 18.9 Å². The van der Waals surface area contributed by atoms with E-state index in [9.17, 15) is 4.57 Å². The Labute approximate surface area is 81.5 Å². The second-order valence-corrected chi connectivity index (χ2v) is 6.85. The average molecular weight is 204 g/mol. The lowest BCUT2D eigenvalue weighted by Gasteiger charge is -2.26. The van der Waals surface area contributed by atoms with Crippen molar-refractivity contribution in [2.45, 2.75) is 39.5 Å². The SMILES string of the molecule is CCCCOP1(=O)CCCC(C)C1. The van der Waals surface area contributed by atoms with Gasteiger partial charge in [-0.25, -0.2) is 0 Å². The van der Waals surface area contributed by atoms with Gasteiger partial charge in [-0.15, -0.1) is 0 Å². The van der Waals surface area contributed by atoms with Crippen LogP contribution in [0.1, 0.15) is 39.5 Å². The topological polar surface area (TPSA) is 26.3 Å². The molecule has 0 aromatic carbocycles. The standard InChI is InChI=1S/C10H21O2P/c1-3-4-7-12-13(11)8-5-6-10(2)9-13/h10H,3-9H2,1-2H3. The van der Waals surface area contributed by atoms with E-state index < -0.39 is 7.37 Å². The number of unbranched alkanes of at least 4 members (excludes halogenated alkanes) is 1. The summed E-state index contributed by atoms with van der Waals surface area (Å²) in [6.45, 7) is 5.00. The van der Waals surface area contributed by atoms with Crippen LogP contribution in [0.15, 0.2) is 0 Å². The summed E-state index contributed by atoms with van der Waals surface area (Å²) in [7, 11) is -2.20. The normalized spacial score (nSPS) is 34.8. The van der Waals surface area contributed by atoms with Gasteiger partial charge in [0, 0.05) is 12.3 Å². The minimum absolute atomic E-state index is 0.598.